The molecule has 0 bridgehead atoms. The summed E-state index contributed by atoms with van der Waals surface area (Å²) in [6.07, 6.45) is 5.21. The van der Waals surface area contributed by atoms with Gasteiger partial charge in [-0.15, -0.1) is 0 Å². The van der Waals surface area contributed by atoms with E-state index < -0.39 is 27.6 Å². The third kappa shape index (κ3) is 3.83. The second-order valence-corrected chi connectivity index (χ2v) is 4.97. The molecule has 0 aliphatic carbocycles. The zero-order valence-corrected chi connectivity index (χ0v) is 9.69. The van der Waals surface area contributed by atoms with Crippen LogP contribution in [0.5, 0.6) is 0 Å². The molecule has 0 saturated carbocycles. The van der Waals surface area contributed by atoms with Gasteiger partial charge in [-0.05, 0) is 6.08 Å². The van der Waals surface area contributed by atoms with Crippen molar-refractivity contribution in [3.63, 3.8) is 0 Å². The molecule has 0 aromatic heterocycles. The van der Waals surface area contributed by atoms with Gasteiger partial charge >= 0.3 is 5.97 Å². The Bertz CT molecular complexity index is 542. The average Bonchev–Trinajstić information content (AvgIpc) is 2.39. The number of allylic oxidation sites excluding steroid dienone is 1. The van der Waals surface area contributed by atoms with Crippen molar-refractivity contribution in [2.24, 2.45) is 4.99 Å². The van der Waals surface area contributed by atoms with E-state index in [1.54, 1.807) is 4.72 Å². The molecule has 0 fully saturated rings. The highest BCUT2D eigenvalue weighted by atomic mass is 32.2. The van der Waals surface area contributed by atoms with E-state index in [0.29, 0.717) is 6.42 Å². The van der Waals surface area contributed by atoms with E-state index >= 15 is 0 Å². The number of carboxylic acid groups (broad SMARTS) is 1. The second kappa shape index (κ2) is 4.91. The summed E-state index contributed by atoms with van der Waals surface area (Å²) in [5.74, 6) is -2.41. The van der Waals surface area contributed by atoms with Gasteiger partial charge in [-0.2, -0.15) is 0 Å². The Morgan fingerprint density at radius 1 is 1.47 bits per heavy atom. The van der Waals surface area contributed by atoms with Gasteiger partial charge < -0.3 is 5.11 Å². The predicted octanol–water partition coefficient (Wildman–Crippen LogP) is -0.568. The third-order valence-corrected chi connectivity index (χ3v) is 2.28. The Morgan fingerprint density at radius 2 is 2.12 bits per heavy atom. The predicted molar refractivity (Wildman–Crippen MR) is 59.9 cm³/mol. The van der Waals surface area contributed by atoms with E-state index in [9.17, 15) is 18.0 Å². The molecule has 0 spiro atoms. The van der Waals surface area contributed by atoms with E-state index in [1.807, 2.05) is 0 Å². The fraction of sp³-hybridized carbons (Fsp3) is 0.222. The van der Waals surface area contributed by atoms with Crippen LogP contribution in [0.3, 0.4) is 0 Å². The van der Waals surface area contributed by atoms with Crippen molar-refractivity contribution in [2.45, 2.75) is 6.42 Å². The normalized spacial score (nSPS) is 15.6. The molecule has 0 radical (unpaired) electrons. The first-order chi connectivity index (χ1) is 7.81. The van der Waals surface area contributed by atoms with Crippen molar-refractivity contribution in [3.05, 3.63) is 23.4 Å². The summed E-state index contributed by atoms with van der Waals surface area (Å²) in [6, 6.07) is 0. The molecule has 0 aromatic rings. The van der Waals surface area contributed by atoms with Crippen molar-refractivity contribution < 1.29 is 23.1 Å². The molecule has 1 heterocycles. The van der Waals surface area contributed by atoms with Crippen LogP contribution in [0.25, 0.3) is 0 Å². The van der Waals surface area contributed by atoms with Crippen molar-refractivity contribution in [3.8, 4) is 0 Å². The molecule has 17 heavy (non-hydrogen) atoms. The zero-order valence-electron chi connectivity index (χ0n) is 8.87. The summed E-state index contributed by atoms with van der Waals surface area (Å²) >= 11 is 0. The lowest BCUT2D eigenvalue weighted by Gasteiger charge is -2.04. The van der Waals surface area contributed by atoms with E-state index in [0.717, 1.165) is 6.26 Å². The number of carbonyl (C=O) groups is 2. The lowest BCUT2D eigenvalue weighted by molar-refractivity contribution is -0.132. The molecule has 7 nitrogen and oxygen atoms in total. The second-order valence-electron chi connectivity index (χ2n) is 3.22. The topological polar surface area (TPSA) is 113 Å². The molecule has 1 rings (SSSR count). The van der Waals surface area contributed by atoms with Gasteiger partial charge in [-0.3, -0.25) is 9.79 Å². The molecule has 0 saturated heterocycles. The summed E-state index contributed by atoms with van der Waals surface area (Å²) in [5.41, 5.74) is -0.781. The van der Waals surface area contributed by atoms with Gasteiger partial charge in [-0.1, -0.05) is 6.08 Å². The summed E-state index contributed by atoms with van der Waals surface area (Å²) in [6.45, 7) is 0. The Kier molecular flexibility index (Phi) is 3.79. The molecule has 0 aromatic carbocycles. The lowest BCUT2D eigenvalue weighted by atomic mass is 10.2. The fourth-order valence-corrected chi connectivity index (χ4v) is 1.54. The van der Waals surface area contributed by atoms with Crippen LogP contribution in [-0.4, -0.2) is 37.9 Å². The van der Waals surface area contributed by atoms with Gasteiger partial charge in [0.15, 0.2) is 0 Å². The quantitative estimate of drug-likeness (QED) is 0.704. The van der Waals surface area contributed by atoms with E-state index in [1.165, 1.54) is 18.4 Å². The first-order valence-electron chi connectivity index (χ1n) is 4.50. The number of aliphatic imine (C=N–C) groups is 1. The number of sulfonamides is 1. The molecule has 1 amide bonds. The van der Waals surface area contributed by atoms with Crippen LogP contribution in [0.2, 0.25) is 0 Å². The smallest absolute Gasteiger partial charge is 0.338 e. The van der Waals surface area contributed by atoms with Crippen molar-refractivity contribution in [2.75, 3.05) is 6.26 Å². The van der Waals surface area contributed by atoms with Crippen LogP contribution in [-0.2, 0) is 19.6 Å². The number of nitrogens with one attached hydrogen (secondary N) is 1. The van der Waals surface area contributed by atoms with Crippen LogP contribution >= 0.6 is 0 Å². The summed E-state index contributed by atoms with van der Waals surface area (Å²) in [5, 5.41) is 8.87. The number of amides is 1. The first-order valence-corrected chi connectivity index (χ1v) is 6.39. The Labute approximate surface area is 97.6 Å². The van der Waals surface area contributed by atoms with E-state index in [-0.39, 0.29) is 5.57 Å². The Morgan fingerprint density at radius 3 is 2.65 bits per heavy atom. The van der Waals surface area contributed by atoms with Gasteiger partial charge in [0.05, 0.1) is 11.8 Å². The summed E-state index contributed by atoms with van der Waals surface area (Å²) in [7, 11) is -3.76. The Balaban J connectivity index is 3.18. The maximum absolute atomic E-state index is 11.5. The van der Waals surface area contributed by atoms with Gasteiger partial charge in [0, 0.05) is 12.6 Å². The molecular weight excluding hydrogens is 248 g/mol. The number of carbonyl (C=O) groups excluding carboxylic acids is 1. The minimum atomic E-state index is -3.76. The van der Waals surface area contributed by atoms with E-state index in [4.69, 9.17) is 5.11 Å². The number of aliphatic carboxylic acids is 1. The number of carboxylic acids is 1. The number of hydrogen-bond acceptors (Lipinski definition) is 5. The molecule has 0 unspecified atom stereocenters. The maximum atomic E-state index is 11.5. The largest absolute Gasteiger partial charge is 0.478 e. The van der Waals surface area contributed by atoms with Crippen molar-refractivity contribution >= 4 is 28.1 Å². The van der Waals surface area contributed by atoms with Crippen LogP contribution in [0.15, 0.2) is 28.4 Å². The molecule has 2 N–H and O–H groups in total. The minimum absolute atomic E-state index is 0.347. The fourth-order valence-electron chi connectivity index (χ4n) is 1.11. The monoisotopic (exact) mass is 258 g/mol. The number of rotatable bonds is 3. The minimum Gasteiger partial charge on any atom is -0.478 e. The number of hydrogen-bond donors (Lipinski definition) is 2. The zero-order chi connectivity index (χ0) is 13.1. The summed E-state index contributed by atoms with van der Waals surface area (Å²) < 4.78 is 23.4. The third-order valence-electron chi connectivity index (χ3n) is 1.73. The molecular formula is C9H10N2O5S. The Hall–Kier alpha value is -1.96. The molecule has 92 valence electrons. The molecule has 1 aliphatic rings. The SMILES string of the molecule is CS(=O)(=O)NC(=O)C1=C(C(=O)O)C=CCC=N1. The van der Waals surface area contributed by atoms with Crippen LogP contribution in [0.4, 0.5) is 0 Å². The van der Waals surface area contributed by atoms with Crippen molar-refractivity contribution in [1.29, 1.82) is 0 Å². The molecule has 0 atom stereocenters. The van der Waals surface area contributed by atoms with Crippen molar-refractivity contribution in [1.82, 2.24) is 4.72 Å². The summed E-state index contributed by atoms with van der Waals surface area (Å²) in [4.78, 5) is 26.0. The van der Waals surface area contributed by atoms with Gasteiger partial charge in [-0.25, -0.2) is 17.9 Å². The van der Waals surface area contributed by atoms with Gasteiger partial charge in [0.2, 0.25) is 10.0 Å². The highest BCUT2D eigenvalue weighted by Crippen LogP contribution is 2.12. The lowest BCUT2D eigenvalue weighted by Crippen LogP contribution is -2.31. The van der Waals surface area contributed by atoms with Gasteiger partial charge in [0.1, 0.15) is 5.70 Å². The average molecular weight is 258 g/mol. The van der Waals surface area contributed by atoms with Gasteiger partial charge in [0.25, 0.3) is 5.91 Å². The standard InChI is InChI=1S/C9H10N2O5S/c1-17(15,16)11-8(12)7-6(9(13)14)4-2-3-5-10-7/h2,4-5H,3H2,1H3,(H,11,12)(H,13,14). The number of nitrogens with zero attached hydrogens (tertiary/aromatic N) is 1. The maximum Gasteiger partial charge on any atom is 0.338 e. The first kappa shape index (κ1) is 13.1. The van der Waals surface area contributed by atoms with Crippen LogP contribution < -0.4 is 4.72 Å². The molecule has 8 heteroatoms. The highest BCUT2D eigenvalue weighted by Gasteiger charge is 2.21. The van der Waals surface area contributed by atoms with Crippen LogP contribution in [0, 0.1) is 0 Å². The van der Waals surface area contributed by atoms with E-state index in [2.05, 4.69) is 4.99 Å². The van der Waals surface area contributed by atoms with Crippen LogP contribution in [0.1, 0.15) is 6.42 Å². The molecule has 1 aliphatic heterocycles. The highest BCUT2D eigenvalue weighted by molar-refractivity contribution is 7.89.